The van der Waals surface area contributed by atoms with Gasteiger partial charge in [0.25, 0.3) is 5.91 Å². The van der Waals surface area contributed by atoms with Crippen molar-refractivity contribution in [3.63, 3.8) is 0 Å². The zero-order valence-electron chi connectivity index (χ0n) is 15.4. The highest BCUT2D eigenvalue weighted by Crippen LogP contribution is 2.33. The van der Waals surface area contributed by atoms with Crippen LogP contribution in [0.1, 0.15) is 21.5 Å². The van der Waals surface area contributed by atoms with Gasteiger partial charge < -0.3 is 9.47 Å². The first-order chi connectivity index (χ1) is 14.1. The number of hydrazone groups is 1. The SMILES string of the molecule is COc1cc(C=NNC(=O)c2cccnc2)c(Br)cc1OCc1ccc(Cl)cc1. The molecule has 0 aliphatic heterocycles. The third-order valence-corrected chi connectivity index (χ3v) is 4.82. The Labute approximate surface area is 181 Å². The quantitative estimate of drug-likeness (QED) is 0.392. The highest BCUT2D eigenvalue weighted by Gasteiger charge is 2.10. The van der Waals surface area contributed by atoms with Gasteiger partial charge in [-0.3, -0.25) is 9.78 Å². The fourth-order valence-electron chi connectivity index (χ4n) is 2.39. The highest BCUT2D eigenvalue weighted by atomic mass is 79.9. The number of nitrogens with zero attached hydrogens (tertiary/aromatic N) is 2. The molecule has 29 heavy (non-hydrogen) atoms. The molecule has 3 aromatic rings. The number of hydrogen-bond donors (Lipinski definition) is 1. The van der Waals surface area contributed by atoms with E-state index >= 15 is 0 Å². The highest BCUT2D eigenvalue weighted by molar-refractivity contribution is 9.10. The molecule has 0 fully saturated rings. The third-order valence-electron chi connectivity index (χ3n) is 3.88. The van der Waals surface area contributed by atoms with Crippen molar-refractivity contribution >= 4 is 39.7 Å². The minimum Gasteiger partial charge on any atom is -0.493 e. The maximum atomic E-state index is 12.0. The summed E-state index contributed by atoms with van der Waals surface area (Å²) in [6, 6.07) is 14.3. The van der Waals surface area contributed by atoms with E-state index in [9.17, 15) is 4.79 Å². The van der Waals surface area contributed by atoms with Crippen LogP contribution in [0.25, 0.3) is 0 Å². The molecule has 0 aliphatic carbocycles. The molecular formula is C21H17BrClN3O3. The molecular weight excluding hydrogens is 458 g/mol. The molecule has 148 valence electrons. The van der Waals surface area contributed by atoms with Crippen LogP contribution in [-0.4, -0.2) is 24.2 Å². The molecule has 0 atom stereocenters. The zero-order valence-corrected chi connectivity index (χ0v) is 17.8. The van der Waals surface area contributed by atoms with Crippen LogP contribution in [-0.2, 0) is 6.61 Å². The molecule has 0 radical (unpaired) electrons. The summed E-state index contributed by atoms with van der Waals surface area (Å²) in [7, 11) is 1.56. The number of amides is 1. The maximum absolute atomic E-state index is 12.0. The Kier molecular flexibility index (Phi) is 7.21. The van der Waals surface area contributed by atoms with E-state index in [0.717, 1.165) is 10.0 Å². The predicted octanol–water partition coefficient (Wildman–Crippen LogP) is 4.85. The fourth-order valence-corrected chi connectivity index (χ4v) is 2.94. The van der Waals surface area contributed by atoms with Gasteiger partial charge in [-0.25, -0.2) is 5.43 Å². The second-order valence-electron chi connectivity index (χ2n) is 5.88. The van der Waals surface area contributed by atoms with E-state index in [1.807, 2.05) is 24.3 Å². The maximum Gasteiger partial charge on any atom is 0.272 e. The summed E-state index contributed by atoms with van der Waals surface area (Å²) in [6.45, 7) is 0.370. The van der Waals surface area contributed by atoms with Crippen LogP contribution in [0.5, 0.6) is 11.5 Å². The first-order valence-electron chi connectivity index (χ1n) is 8.55. The number of nitrogens with one attached hydrogen (secondary N) is 1. The van der Waals surface area contributed by atoms with Crippen molar-refractivity contribution in [3.05, 3.63) is 87.1 Å². The van der Waals surface area contributed by atoms with Crippen molar-refractivity contribution in [2.75, 3.05) is 7.11 Å². The van der Waals surface area contributed by atoms with Gasteiger partial charge in [-0.2, -0.15) is 5.10 Å². The van der Waals surface area contributed by atoms with Gasteiger partial charge >= 0.3 is 0 Å². The first kappa shape index (κ1) is 20.8. The summed E-state index contributed by atoms with van der Waals surface area (Å²) in [5, 5.41) is 4.67. The first-order valence-corrected chi connectivity index (χ1v) is 9.72. The number of ether oxygens (including phenoxy) is 2. The van der Waals surface area contributed by atoms with Crippen LogP contribution in [0.2, 0.25) is 5.02 Å². The molecule has 2 aromatic carbocycles. The van der Waals surface area contributed by atoms with Crippen molar-refractivity contribution < 1.29 is 14.3 Å². The Morgan fingerprint density at radius 3 is 2.72 bits per heavy atom. The van der Waals surface area contributed by atoms with Crippen molar-refractivity contribution in [1.29, 1.82) is 0 Å². The molecule has 6 nitrogen and oxygen atoms in total. The summed E-state index contributed by atoms with van der Waals surface area (Å²) in [5.74, 6) is 0.772. The van der Waals surface area contributed by atoms with Crippen molar-refractivity contribution in [3.8, 4) is 11.5 Å². The molecule has 1 amide bonds. The Hall–Kier alpha value is -2.90. The van der Waals surface area contributed by atoms with Gasteiger partial charge in [-0.15, -0.1) is 0 Å². The average Bonchev–Trinajstić information content (AvgIpc) is 2.75. The average molecular weight is 475 g/mol. The van der Waals surface area contributed by atoms with Crippen molar-refractivity contribution in [2.24, 2.45) is 5.10 Å². The number of carbonyl (C=O) groups is 1. The topological polar surface area (TPSA) is 72.8 Å². The van der Waals surface area contributed by atoms with Gasteiger partial charge in [-0.1, -0.05) is 23.7 Å². The smallest absolute Gasteiger partial charge is 0.272 e. The number of carbonyl (C=O) groups excluding carboxylic acids is 1. The van der Waals surface area contributed by atoms with Crippen LogP contribution in [0, 0.1) is 0 Å². The number of benzene rings is 2. The van der Waals surface area contributed by atoms with E-state index in [0.29, 0.717) is 34.3 Å². The van der Waals surface area contributed by atoms with E-state index in [-0.39, 0.29) is 5.91 Å². The monoisotopic (exact) mass is 473 g/mol. The molecule has 1 aromatic heterocycles. The third kappa shape index (κ3) is 5.79. The van der Waals surface area contributed by atoms with E-state index in [2.05, 4.69) is 31.4 Å². The van der Waals surface area contributed by atoms with E-state index in [1.165, 1.54) is 12.4 Å². The molecule has 3 rings (SSSR count). The molecule has 1 N–H and O–H groups in total. The number of aromatic nitrogens is 1. The Bertz CT molecular complexity index is 1010. The normalized spacial score (nSPS) is 10.7. The summed E-state index contributed by atoms with van der Waals surface area (Å²) >= 11 is 9.39. The molecule has 1 heterocycles. The van der Waals surface area contributed by atoms with Crippen LogP contribution in [0.15, 0.2) is 70.5 Å². The zero-order chi connectivity index (χ0) is 20.6. The van der Waals surface area contributed by atoms with Crippen LogP contribution in [0.3, 0.4) is 0 Å². The minimum absolute atomic E-state index is 0.347. The van der Waals surface area contributed by atoms with E-state index in [4.69, 9.17) is 21.1 Å². The summed E-state index contributed by atoms with van der Waals surface area (Å²) < 4.78 is 12.0. The molecule has 0 saturated carbocycles. The van der Waals surface area contributed by atoms with Crippen LogP contribution in [0.4, 0.5) is 0 Å². The lowest BCUT2D eigenvalue weighted by molar-refractivity contribution is 0.0955. The lowest BCUT2D eigenvalue weighted by atomic mass is 10.2. The lowest BCUT2D eigenvalue weighted by Crippen LogP contribution is -2.17. The minimum atomic E-state index is -0.347. The number of rotatable bonds is 7. The second kappa shape index (κ2) is 10.0. The molecule has 0 spiro atoms. The van der Waals surface area contributed by atoms with E-state index in [1.54, 1.807) is 37.6 Å². The largest absolute Gasteiger partial charge is 0.493 e. The molecule has 0 unspecified atom stereocenters. The summed E-state index contributed by atoms with van der Waals surface area (Å²) in [5.41, 5.74) is 4.59. The van der Waals surface area contributed by atoms with Gasteiger partial charge in [0.2, 0.25) is 0 Å². The summed E-state index contributed by atoms with van der Waals surface area (Å²) in [4.78, 5) is 15.9. The predicted molar refractivity (Wildman–Crippen MR) is 116 cm³/mol. The van der Waals surface area contributed by atoms with Gasteiger partial charge in [0.15, 0.2) is 11.5 Å². The number of pyridine rings is 1. The van der Waals surface area contributed by atoms with Crippen molar-refractivity contribution in [1.82, 2.24) is 10.4 Å². The summed E-state index contributed by atoms with van der Waals surface area (Å²) in [6.07, 6.45) is 4.58. The van der Waals surface area contributed by atoms with Gasteiger partial charge in [-0.05, 0) is 57.9 Å². The van der Waals surface area contributed by atoms with Gasteiger partial charge in [0.1, 0.15) is 6.61 Å². The molecule has 0 aliphatic rings. The number of hydrogen-bond acceptors (Lipinski definition) is 5. The standard InChI is InChI=1S/C21H17BrClN3O3/c1-28-19-9-16(12-25-26-21(27)15-3-2-8-24-11-15)18(22)10-20(19)29-13-14-4-6-17(23)7-5-14/h2-12H,13H2,1H3,(H,26,27). The molecule has 8 heteroatoms. The van der Waals surface area contributed by atoms with Crippen LogP contribution < -0.4 is 14.9 Å². The van der Waals surface area contributed by atoms with Crippen LogP contribution >= 0.6 is 27.5 Å². The van der Waals surface area contributed by atoms with Gasteiger partial charge in [0.05, 0.1) is 18.9 Å². The Morgan fingerprint density at radius 1 is 1.24 bits per heavy atom. The number of methoxy groups -OCH3 is 1. The number of halogens is 2. The Balaban J connectivity index is 1.68. The molecule has 0 bridgehead atoms. The van der Waals surface area contributed by atoms with Gasteiger partial charge in [0, 0.05) is 27.5 Å². The molecule has 0 saturated heterocycles. The Morgan fingerprint density at radius 2 is 2.03 bits per heavy atom. The fraction of sp³-hybridized carbons (Fsp3) is 0.0952. The van der Waals surface area contributed by atoms with E-state index < -0.39 is 0 Å². The second-order valence-corrected chi connectivity index (χ2v) is 7.17. The lowest BCUT2D eigenvalue weighted by Gasteiger charge is -2.13. The van der Waals surface area contributed by atoms with Crippen molar-refractivity contribution in [2.45, 2.75) is 6.61 Å².